The second kappa shape index (κ2) is 8.60. The van der Waals surface area contributed by atoms with Crippen LogP contribution in [0.15, 0.2) is 0 Å². The Morgan fingerprint density at radius 3 is 2.90 bits per heavy atom. The van der Waals surface area contributed by atoms with Crippen LogP contribution in [0, 0.1) is 0 Å². The predicted octanol–water partition coefficient (Wildman–Crippen LogP) is 0.746. The second-order valence-corrected chi connectivity index (χ2v) is 5.80. The van der Waals surface area contributed by atoms with Crippen molar-refractivity contribution in [2.24, 2.45) is 0 Å². The number of amides is 1. The van der Waals surface area contributed by atoms with E-state index in [-0.39, 0.29) is 5.91 Å². The van der Waals surface area contributed by atoms with Crippen molar-refractivity contribution in [3.8, 4) is 0 Å². The number of rotatable bonds is 7. The van der Waals surface area contributed by atoms with Gasteiger partial charge in [-0.1, -0.05) is 6.92 Å². The van der Waals surface area contributed by atoms with Crippen LogP contribution < -0.4 is 10.6 Å². The Bertz CT molecular complexity index is 293. The highest BCUT2D eigenvalue weighted by Gasteiger charge is 2.23. The molecule has 0 bridgehead atoms. The number of likely N-dealkylation sites (N-methyl/N-ethyl adjacent to an activating group) is 1. The van der Waals surface area contributed by atoms with E-state index in [9.17, 15) is 4.79 Å². The molecule has 0 radical (unpaired) electrons. The van der Waals surface area contributed by atoms with Gasteiger partial charge >= 0.3 is 0 Å². The smallest absolute Gasteiger partial charge is 0.222 e. The van der Waals surface area contributed by atoms with Crippen molar-refractivity contribution in [2.45, 2.75) is 51.2 Å². The van der Waals surface area contributed by atoms with Gasteiger partial charge in [0.05, 0.1) is 12.7 Å². The molecule has 2 N–H and O–H groups in total. The first kappa shape index (κ1) is 15.7. The van der Waals surface area contributed by atoms with Gasteiger partial charge < -0.3 is 15.4 Å². The van der Waals surface area contributed by atoms with Gasteiger partial charge in [-0.3, -0.25) is 9.69 Å². The molecular weight excluding hydrogens is 254 g/mol. The monoisotopic (exact) mass is 283 g/mol. The number of carbonyl (C=O) groups excluding carboxylic acids is 1. The van der Waals surface area contributed by atoms with Crippen molar-refractivity contribution in [3.63, 3.8) is 0 Å². The van der Waals surface area contributed by atoms with Crippen LogP contribution in [-0.2, 0) is 9.53 Å². The van der Waals surface area contributed by atoms with E-state index in [4.69, 9.17) is 4.74 Å². The fraction of sp³-hybridized carbons (Fsp3) is 0.933. The minimum Gasteiger partial charge on any atom is -0.378 e. The number of likely N-dealkylation sites (tertiary alicyclic amines) is 1. The number of piperidine rings is 1. The number of hydrogen-bond donors (Lipinski definition) is 2. The molecule has 20 heavy (non-hydrogen) atoms. The molecule has 0 spiro atoms. The van der Waals surface area contributed by atoms with Crippen molar-refractivity contribution in [3.05, 3.63) is 0 Å². The molecule has 2 fully saturated rings. The Labute approximate surface area is 122 Å². The SMILES string of the molecule is CCN1CCCC1CNC(=O)CCOC1CCNCC1. The highest BCUT2D eigenvalue weighted by molar-refractivity contribution is 5.75. The quantitative estimate of drug-likeness (QED) is 0.724. The summed E-state index contributed by atoms with van der Waals surface area (Å²) in [7, 11) is 0. The van der Waals surface area contributed by atoms with Gasteiger partial charge in [0.2, 0.25) is 5.91 Å². The van der Waals surface area contributed by atoms with Crippen LogP contribution in [0.2, 0.25) is 0 Å². The van der Waals surface area contributed by atoms with Gasteiger partial charge in [0.25, 0.3) is 0 Å². The van der Waals surface area contributed by atoms with Crippen molar-refractivity contribution >= 4 is 5.91 Å². The molecule has 2 saturated heterocycles. The fourth-order valence-electron chi connectivity index (χ4n) is 3.14. The molecule has 0 aromatic carbocycles. The number of ether oxygens (including phenoxy) is 1. The minimum absolute atomic E-state index is 0.127. The van der Waals surface area contributed by atoms with Gasteiger partial charge in [-0.2, -0.15) is 0 Å². The second-order valence-electron chi connectivity index (χ2n) is 5.80. The third kappa shape index (κ3) is 5.04. The van der Waals surface area contributed by atoms with Gasteiger partial charge in [-0.15, -0.1) is 0 Å². The summed E-state index contributed by atoms with van der Waals surface area (Å²) in [6.45, 7) is 7.86. The molecular formula is C15H29N3O2. The zero-order chi connectivity index (χ0) is 14.2. The lowest BCUT2D eigenvalue weighted by molar-refractivity contribution is -0.123. The average Bonchev–Trinajstić information content (AvgIpc) is 2.94. The molecule has 0 saturated carbocycles. The Hall–Kier alpha value is -0.650. The van der Waals surface area contributed by atoms with Crippen molar-refractivity contribution < 1.29 is 9.53 Å². The normalized spacial score (nSPS) is 24.9. The first-order valence-electron chi connectivity index (χ1n) is 8.12. The summed E-state index contributed by atoms with van der Waals surface area (Å²) in [5.74, 6) is 0.127. The van der Waals surface area contributed by atoms with Gasteiger partial charge in [0.15, 0.2) is 0 Å². The summed E-state index contributed by atoms with van der Waals surface area (Å²) < 4.78 is 5.76. The fourth-order valence-corrected chi connectivity index (χ4v) is 3.14. The van der Waals surface area contributed by atoms with E-state index in [1.807, 2.05) is 0 Å². The van der Waals surface area contributed by atoms with Crippen LogP contribution in [-0.4, -0.2) is 62.3 Å². The lowest BCUT2D eigenvalue weighted by Crippen LogP contribution is -2.40. The summed E-state index contributed by atoms with van der Waals surface area (Å²) in [4.78, 5) is 14.3. The molecule has 1 amide bonds. The van der Waals surface area contributed by atoms with E-state index in [0.29, 0.717) is 25.2 Å². The molecule has 5 nitrogen and oxygen atoms in total. The maximum absolute atomic E-state index is 11.8. The molecule has 0 aromatic heterocycles. The maximum atomic E-state index is 11.8. The van der Waals surface area contributed by atoms with E-state index < -0.39 is 0 Å². The van der Waals surface area contributed by atoms with Crippen LogP contribution in [0.25, 0.3) is 0 Å². The van der Waals surface area contributed by atoms with Gasteiger partial charge in [0.1, 0.15) is 0 Å². The van der Waals surface area contributed by atoms with Crippen molar-refractivity contribution in [1.82, 2.24) is 15.5 Å². The molecule has 116 valence electrons. The highest BCUT2D eigenvalue weighted by Crippen LogP contribution is 2.15. The third-order valence-electron chi connectivity index (χ3n) is 4.41. The van der Waals surface area contributed by atoms with Gasteiger partial charge in [0, 0.05) is 19.0 Å². The molecule has 0 aromatic rings. The van der Waals surface area contributed by atoms with Crippen LogP contribution in [0.1, 0.15) is 39.0 Å². The van der Waals surface area contributed by atoms with Crippen molar-refractivity contribution in [1.29, 1.82) is 0 Å². The van der Waals surface area contributed by atoms with Crippen LogP contribution in [0.4, 0.5) is 0 Å². The Morgan fingerprint density at radius 2 is 2.15 bits per heavy atom. The summed E-state index contributed by atoms with van der Waals surface area (Å²) in [5, 5.41) is 6.36. The highest BCUT2D eigenvalue weighted by atomic mass is 16.5. The zero-order valence-electron chi connectivity index (χ0n) is 12.7. The minimum atomic E-state index is 0.127. The van der Waals surface area contributed by atoms with E-state index in [0.717, 1.165) is 39.0 Å². The Morgan fingerprint density at radius 1 is 1.35 bits per heavy atom. The molecule has 2 heterocycles. The zero-order valence-corrected chi connectivity index (χ0v) is 12.7. The molecule has 5 heteroatoms. The van der Waals surface area contributed by atoms with Gasteiger partial charge in [-0.25, -0.2) is 0 Å². The average molecular weight is 283 g/mol. The van der Waals surface area contributed by atoms with Crippen LogP contribution in [0.5, 0.6) is 0 Å². The standard InChI is InChI=1S/C15H29N3O2/c1-2-18-10-3-4-13(18)12-17-15(19)7-11-20-14-5-8-16-9-6-14/h13-14,16H,2-12H2,1H3,(H,17,19). The Balaban J connectivity index is 1.53. The maximum Gasteiger partial charge on any atom is 0.222 e. The van der Waals surface area contributed by atoms with E-state index >= 15 is 0 Å². The predicted molar refractivity (Wildman–Crippen MR) is 79.7 cm³/mol. The molecule has 2 rings (SSSR count). The van der Waals surface area contributed by atoms with Crippen LogP contribution >= 0.6 is 0 Å². The number of nitrogens with zero attached hydrogens (tertiary/aromatic N) is 1. The summed E-state index contributed by atoms with van der Waals surface area (Å²) in [6.07, 6.45) is 5.43. The largest absolute Gasteiger partial charge is 0.378 e. The third-order valence-corrected chi connectivity index (χ3v) is 4.41. The van der Waals surface area contributed by atoms with E-state index in [1.54, 1.807) is 0 Å². The summed E-state index contributed by atoms with van der Waals surface area (Å²) in [5.41, 5.74) is 0. The van der Waals surface area contributed by atoms with E-state index in [1.165, 1.54) is 19.4 Å². The molecule has 0 aliphatic carbocycles. The summed E-state index contributed by atoms with van der Waals surface area (Å²) >= 11 is 0. The number of hydrogen-bond acceptors (Lipinski definition) is 4. The topological polar surface area (TPSA) is 53.6 Å². The lowest BCUT2D eigenvalue weighted by Gasteiger charge is -2.24. The first-order chi connectivity index (χ1) is 9.79. The van der Waals surface area contributed by atoms with Gasteiger partial charge in [-0.05, 0) is 51.9 Å². The Kier molecular flexibility index (Phi) is 6.76. The lowest BCUT2D eigenvalue weighted by atomic mass is 10.1. The number of carbonyl (C=O) groups is 1. The molecule has 2 aliphatic heterocycles. The number of nitrogens with one attached hydrogen (secondary N) is 2. The van der Waals surface area contributed by atoms with Crippen LogP contribution in [0.3, 0.4) is 0 Å². The van der Waals surface area contributed by atoms with E-state index in [2.05, 4.69) is 22.5 Å². The summed E-state index contributed by atoms with van der Waals surface area (Å²) in [6, 6.07) is 0.536. The molecule has 1 atom stereocenters. The first-order valence-corrected chi connectivity index (χ1v) is 8.12. The molecule has 2 aliphatic rings. The van der Waals surface area contributed by atoms with Crippen molar-refractivity contribution in [2.75, 3.05) is 39.3 Å². The molecule has 1 unspecified atom stereocenters.